The summed E-state index contributed by atoms with van der Waals surface area (Å²) in [7, 11) is 1.80. The van der Waals surface area contributed by atoms with Crippen LogP contribution in [0.5, 0.6) is 0 Å². The van der Waals surface area contributed by atoms with E-state index < -0.39 is 17.7 Å². The van der Waals surface area contributed by atoms with Crippen LogP contribution >= 0.6 is 0 Å². The van der Waals surface area contributed by atoms with Crippen LogP contribution in [0.4, 0.5) is 8.78 Å². The second kappa shape index (κ2) is 5.30. The third-order valence-corrected chi connectivity index (χ3v) is 3.64. The predicted molar refractivity (Wildman–Crippen MR) is 72.9 cm³/mol. The van der Waals surface area contributed by atoms with Gasteiger partial charge in [-0.15, -0.1) is 0 Å². The summed E-state index contributed by atoms with van der Waals surface area (Å²) >= 11 is 0. The molecular weight excluding hydrogens is 262 g/mol. The van der Waals surface area contributed by atoms with E-state index in [1.165, 1.54) is 6.92 Å². The highest BCUT2D eigenvalue weighted by atomic mass is 19.2. The normalized spacial score (nSPS) is 12.8. The van der Waals surface area contributed by atoms with Gasteiger partial charge in [0.15, 0.2) is 11.6 Å². The van der Waals surface area contributed by atoms with Crippen molar-refractivity contribution in [3.8, 4) is 0 Å². The fourth-order valence-electron chi connectivity index (χ4n) is 2.42. The molecular formula is C14H18F2N4. The predicted octanol–water partition coefficient (Wildman–Crippen LogP) is 2.18. The number of nitrogens with one attached hydrogen (secondary N) is 1. The van der Waals surface area contributed by atoms with E-state index in [0.717, 1.165) is 17.0 Å². The molecule has 0 amide bonds. The van der Waals surface area contributed by atoms with Gasteiger partial charge in [0.2, 0.25) is 0 Å². The van der Waals surface area contributed by atoms with Gasteiger partial charge in [-0.25, -0.2) is 14.2 Å². The van der Waals surface area contributed by atoms with Gasteiger partial charge in [-0.1, -0.05) is 12.1 Å². The largest absolute Gasteiger partial charge is 0.272 e. The number of hydrazine groups is 1. The Balaban J connectivity index is 2.62. The lowest BCUT2D eigenvalue weighted by atomic mass is 9.96. The van der Waals surface area contributed by atoms with E-state index in [2.05, 4.69) is 10.5 Å². The van der Waals surface area contributed by atoms with Crippen molar-refractivity contribution in [1.82, 2.24) is 15.2 Å². The lowest BCUT2D eigenvalue weighted by molar-refractivity contribution is 0.478. The Bertz CT molecular complexity index is 649. The maximum atomic E-state index is 14.2. The van der Waals surface area contributed by atoms with Gasteiger partial charge in [-0.2, -0.15) is 5.10 Å². The molecule has 0 aliphatic carbocycles. The molecule has 2 aromatic rings. The van der Waals surface area contributed by atoms with E-state index >= 15 is 0 Å². The van der Waals surface area contributed by atoms with E-state index in [1.807, 2.05) is 13.8 Å². The van der Waals surface area contributed by atoms with Crippen LogP contribution in [-0.2, 0) is 7.05 Å². The minimum Gasteiger partial charge on any atom is -0.272 e. The van der Waals surface area contributed by atoms with Crippen molar-refractivity contribution in [3.05, 3.63) is 51.8 Å². The lowest BCUT2D eigenvalue weighted by Gasteiger charge is -2.18. The third-order valence-electron chi connectivity index (χ3n) is 3.64. The van der Waals surface area contributed by atoms with Gasteiger partial charge >= 0.3 is 0 Å². The summed E-state index contributed by atoms with van der Waals surface area (Å²) < 4.78 is 29.6. The molecule has 1 aromatic heterocycles. The highest BCUT2D eigenvalue weighted by Crippen LogP contribution is 2.30. The van der Waals surface area contributed by atoms with Crippen molar-refractivity contribution < 1.29 is 8.78 Å². The molecule has 6 heteroatoms. The van der Waals surface area contributed by atoms with Crippen molar-refractivity contribution in [2.45, 2.75) is 26.8 Å². The van der Waals surface area contributed by atoms with E-state index in [1.54, 1.807) is 23.9 Å². The molecule has 1 unspecified atom stereocenters. The van der Waals surface area contributed by atoms with Crippen LogP contribution in [0.25, 0.3) is 0 Å². The fraction of sp³-hybridized carbons (Fsp3) is 0.357. The number of nitrogens with zero attached hydrogens (tertiary/aromatic N) is 2. The molecule has 1 heterocycles. The summed E-state index contributed by atoms with van der Waals surface area (Å²) in [6.45, 7) is 5.20. The first-order valence-corrected chi connectivity index (χ1v) is 6.29. The average molecular weight is 280 g/mol. The van der Waals surface area contributed by atoms with E-state index in [9.17, 15) is 8.78 Å². The van der Waals surface area contributed by atoms with Crippen molar-refractivity contribution >= 4 is 0 Å². The molecule has 1 aromatic carbocycles. The Morgan fingerprint density at radius 1 is 1.20 bits per heavy atom. The zero-order valence-electron chi connectivity index (χ0n) is 12.0. The second-order valence-corrected chi connectivity index (χ2v) is 4.91. The van der Waals surface area contributed by atoms with Crippen LogP contribution in [0, 0.1) is 32.4 Å². The summed E-state index contributed by atoms with van der Waals surface area (Å²) in [5, 5.41) is 4.28. The molecule has 0 saturated heterocycles. The van der Waals surface area contributed by atoms with Crippen LogP contribution in [-0.4, -0.2) is 9.78 Å². The highest BCUT2D eigenvalue weighted by molar-refractivity contribution is 5.39. The van der Waals surface area contributed by atoms with E-state index in [-0.39, 0.29) is 11.1 Å². The zero-order valence-corrected chi connectivity index (χ0v) is 12.0. The summed E-state index contributed by atoms with van der Waals surface area (Å²) in [6.07, 6.45) is 0. The molecule has 0 spiro atoms. The molecule has 108 valence electrons. The molecule has 0 radical (unpaired) electrons. The van der Waals surface area contributed by atoms with Crippen LogP contribution in [0.15, 0.2) is 12.1 Å². The maximum absolute atomic E-state index is 14.2. The Labute approximate surface area is 116 Å². The Kier molecular flexibility index (Phi) is 3.87. The molecule has 0 fully saturated rings. The molecule has 0 aliphatic rings. The topological polar surface area (TPSA) is 55.9 Å². The van der Waals surface area contributed by atoms with Gasteiger partial charge in [0.25, 0.3) is 0 Å². The van der Waals surface area contributed by atoms with Crippen molar-refractivity contribution in [3.63, 3.8) is 0 Å². The summed E-state index contributed by atoms with van der Waals surface area (Å²) in [6, 6.07) is 2.45. The molecule has 4 nitrogen and oxygen atoms in total. The number of hydrogen-bond acceptors (Lipinski definition) is 3. The monoisotopic (exact) mass is 280 g/mol. The first-order chi connectivity index (χ1) is 9.38. The summed E-state index contributed by atoms with van der Waals surface area (Å²) in [5.41, 5.74) is 5.34. The molecule has 1 atom stereocenters. The van der Waals surface area contributed by atoms with Crippen LogP contribution < -0.4 is 11.3 Å². The zero-order chi connectivity index (χ0) is 15.0. The SMILES string of the molecule is Cc1ccc(C(NN)c2c(C)nn(C)c2C)c(F)c1F. The molecule has 0 aliphatic heterocycles. The van der Waals surface area contributed by atoms with Crippen molar-refractivity contribution in [2.75, 3.05) is 0 Å². The van der Waals surface area contributed by atoms with E-state index in [0.29, 0.717) is 0 Å². The Hall–Kier alpha value is -1.79. The quantitative estimate of drug-likeness (QED) is 0.669. The van der Waals surface area contributed by atoms with Gasteiger partial charge < -0.3 is 0 Å². The Morgan fingerprint density at radius 3 is 2.35 bits per heavy atom. The number of aromatic nitrogens is 2. The van der Waals surface area contributed by atoms with Gasteiger partial charge in [-0.3, -0.25) is 10.5 Å². The smallest absolute Gasteiger partial charge is 0.164 e. The van der Waals surface area contributed by atoms with E-state index in [4.69, 9.17) is 5.84 Å². The van der Waals surface area contributed by atoms with Crippen LogP contribution in [0.3, 0.4) is 0 Å². The molecule has 2 rings (SSSR count). The molecule has 0 saturated carbocycles. The first-order valence-electron chi connectivity index (χ1n) is 6.29. The maximum Gasteiger partial charge on any atom is 0.164 e. The van der Waals surface area contributed by atoms with Crippen LogP contribution in [0.2, 0.25) is 0 Å². The fourth-order valence-corrected chi connectivity index (χ4v) is 2.42. The van der Waals surface area contributed by atoms with Gasteiger partial charge in [0, 0.05) is 23.9 Å². The second-order valence-electron chi connectivity index (χ2n) is 4.91. The first kappa shape index (κ1) is 14.6. The summed E-state index contributed by atoms with van der Waals surface area (Å²) in [4.78, 5) is 0. The highest BCUT2D eigenvalue weighted by Gasteiger charge is 2.25. The number of nitrogens with two attached hydrogens (primary N) is 1. The molecule has 0 bridgehead atoms. The number of hydrogen-bond donors (Lipinski definition) is 2. The molecule has 20 heavy (non-hydrogen) atoms. The third kappa shape index (κ3) is 2.21. The van der Waals surface area contributed by atoms with Gasteiger partial charge in [0.1, 0.15) is 0 Å². The number of benzene rings is 1. The van der Waals surface area contributed by atoms with Gasteiger partial charge in [0.05, 0.1) is 11.7 Å². The standard InChI is InChI=1S/C14H18F2N4/c1-7-5-6-10(13(16)12(7)15)14(18-17)11-8(2)19-20(4)9(11)3/h5-6,14,18H,17H2,1-4H3. The van der Waals surface area contributed by atoms with Gasteiger partial charge in [-0.05, 0) is 26.3 Å². The Morgan fingerprint density at radius 2 is 1.85 bits per heavy atom. The number of rotatable bonds is 3. The lowest BCUT2D eigenvalue weighted by Crippen LogP contribution is -2.30. The van der Waals surface area contributed by atoms with Crippen LogP contribution in [0.1, 0.15) is 34.1 Å². The minimum absolute atomic E-state index is 0.176. The molecule has 3 N–H and O–H groups in total. The average Bonchev–Trinajstić information content (AvgIpc) is 2.65. The number of halogens is 2. The van der Waals surface area contributed by atoms with Crippen molar-refractivity contribution in [2.24, 2.45) is 12.9 Å². The number of aryl methyl sites for hydroxylation is 3. The minimum atomic E-state index is -0.879. The van der Waals surface area contributed by atoms with Crippen molar-refractivity contribution in [1.29, 1.82) is 0 Å². The summed E-state index contributed by atoms with van der Waals surface area (Å²) in [5.74, 6) is 3.84.